The second-order valence-corrected chi connectivity index (χ2v) is 8.53. The average molecular weight is 355 g/mol. The van der Waals surface area contributed by atoms with E-state index in [1.807, 2.05) is 42.5 Å². The van der Waals surface area contributed by atoms with Crippen molar-refractivity contribution in [1.82, 2.24) is 10.2 Å². The molecule has 132 valence electrons. The molecule has 3 nitrogen and oxygen atoms in total. The molecule has 2 atom stereocenters. The highest BCUT2D eigenvalue weighted by atomic mass is 32.1. The molecule has 0 spiro atoms. The Morgan fingerprint density at radius 3 is 2.68 bits per heavy atom. The van der Waals surface area contributed by atoms with Gasteiger partial charge in [-0.1, -0.05) is 30.2 Å². The average Bonchev–Trinajstić information content (AvgIpc) is 3.08. The van der Waals surface area contributed by atoms with Crippen LogP contribution in [-0.2, 0) is 6.54 Å². The number of nitrogens with zero attached hydrogens (tertiary/aromatic N) is 1. The summed E-state index contributed by atoms with van der Waals surface area (Å²) < 4.78 is 0. The third-order valence-electron chi connectivity index (χ3n) is 5.66. The molecule has 1 amide bonds. The van der Waals surface area contributed by atoms with Crippen molar-refractivity contribution in [3.63, 3.8) is 0 Å². The fraction of sp³-hybridized carbons (Fsp3) is 0.476. The van der Waals surface area contributed by atoms with Crippen molar-refractivity contribution in [3.05, 3.63) is 57.8 Å². The number of rotatable bonds is 4. The lowest BCUT2D eigenvalue weighted by atomic mass is 9.81. The van der Waals surface area contributed by atoms with E-state index in [0.29, 0.717) is 18.1 Å². The summed E-state index contributed by atoms with van der Waals surface area (Å²) in [4.78, 5) is 16.8. The Morgan fingerprint density at radius 1 is 1.20 bits per heavy atom. The van der Waals surface area contributed by atoms with E-state index >= 15 is 0 Å². The van der Waals surface area contributed by atoms with Crippen LogP contribution in [0.4, 0.5) is 0 Å². The van der Waals surface area contributed by atoms with Crippen molar-refractivity contribution < 1.29 is 4.79 Å². The Bertz CT molecular complexity index is 713. The van der Waals surface area contributed by atoms with Gasteiger partial charge in [0.05, 0.1) is 0 Å². The quantitative estimate of drug-likeness (QED) is 0.884. The number of piperidine rings is 2. The van der Waals surface area contributed by atoms with Gasteiger partial charge in [-0.15, -0.1) is 11.3 Å². The molecule has 1 N–H and O–H groups in total. The molecular formula is C21H26N2OS. The molecule has 0 unspecified atom stereocenters. The van der Waals surface area contributed by atoms with Crippen molar-refractivity contribution >= 4 is 17.2 Å². The van der Waals surface area contributed by atoms with E-state index in [0.717, 1.165) is 30.5 Å². The largest absolute Gasteiger partial charge is 0.349 e. The van der Waals surface area contributed by atoms with E-state index in [2.05, 4.69) is 27.7 Å². The number of nitrogens with one attached hydrogen (secondary N) is 1. The first kappa shape index (κ1) is 16.8. The second-order valence-electron chi connectivity index (χ2n) is 7.50. The van der Waals surface area contributed by atoms with Gasteiger partial charge in [0.15, 0.2) is 0 Å². The molecule has 2 fully saturated rings. The molecule has 1 aromatic carbocycles. The molecule has 2 bridgehead atoms. The van der Waals surface area contributed by atoms with Crippen LogP contribution < -0.4 is 5.32 Å². The molecule has 0 saturated carbocycles. The van der Waals surface area contributed by atoms with Crippen LogP contribution >= 0.6 is 11.3 Å². The van der Waals surface area contributed by atoms with Gasteiger partial charge in [0.1, 0.15) is 0 Å². The fourth-order valence-corrected chi connectivity index (χ4v) is 5.20. The summed E-state index contributed by atoms with van der Waals surface area (Å²) in [6, 6.07) is 13.8. The van der Waals surface area contributed by atoms with Gasteiger partial charge in [-0.05, 0) is 56.2 Å². The minimum absolute atomic E-state index is 0.0819. The maximum absolute atomic E-state index is 12.6. The number of amides is 1. The van der Waals surface area contributed by atoms with Gasteiger partial charge in [0, 0.05) is 35.1 Å². The fourth-order valence-electron chi connectivity index (χ4n) is 4.49. The zero-order chi connectivity index (χ0) is 17.2. The third-order valence-corrected chi connectivity index (χ3v) is 6.52. The smallest absolute Gasteiger partial charge is 0.251 e. The summed E-state index contributed by atoms with van der Waals surface area (Å²) in [6.07, 6.45) is 6.02. The van der Waals surface area contributed by atoms with Crippen LogP contribution in [0.2, 0.25) is 0 Å². The maximum atomic E-state index is 12.6. The van der Waals surface area contributed by atoms with Gasteiger partial charge in [0.25, 0.3) is 5.91 Å². The number of benzene rings is 1. The van der Waals surface area contributed by atoms with E-state index in [-0.39, 0.29) is 5.91 Å². The highest BCUT2D eigenvalue weighted by molar-refractivity contribution is 7.09. The van der Waals surface area contributed by atoms with E-state index < -0.39 is 0 Å². The standard InChI is InChI=1S/C21H26N2OS/c1-15-5-2-6-16(11-15)21(24)22-17-12-18-7-3-8-19(13-17)23(18)14-20-9-4-10-25-20/h2,4-6,9-11,17-19H,3,7-8,12-14H2,1H3,(H,22,24)/t18-,19-/m0/s1. The molecule has 2 aliphatic heterocycles. The SMILES string of the molecule is Cc1cccc(C(=O)NC2C[C@@H]3CCC[C@@H](C2)N3Cc2cccs2)c1. The highest BCUT2D eigenvalue weighted by Crippen LogP contribution is 2.35. The number of fused-ring (bicyclic) bond motifs is 2. The molecule has 0 radical (unpaired) electrons. The predicted octanol–water partition coefficient (Wildman–Crippen LogP) is 4.37. The Labute approximate surface area is 154 Å². The first-order valence-electron chi connectivity index (χ1n) is 9.35. The van der Waals surface area contributed by atoms with Gasteiger partial charge < -0.3 is 5.32 Å². The van der Waals surface area contributed by atoms with E-state index in [1.54, 1.807) is 0 Å². The van der Waals surface area contributed by atoms with Crippen LogP contribution in [0.5, 0.6) is 0 Å². The van der Waals surface area contributed by atoms with Crippen LogP contribution in [-0.4, -0.2) is 28.9 Å². The van der Waals surface area contributed by atoms with Crippen LogP contribution in [0, 0.1) is 6.92 Å². The minimum atomic E-state index is 0.0819. The molecule has 25 heavy (non-hydrogen) atoms. The zero-order valence-corrected chi connectivity index (χ0v) is 15.6. The molecule has 2 aliphatic rings. The Balaban J connectivity index is 1.42. The molecule has 1 aromatic heterocycles. The van der Waals surface area contributed by atoms with Crippen molar-refractivity contribution in [2.24, 2.45) is 0 Å². The Kier molecular flexibility index (Phi) is 4.91. The molecule has 2 saturated heterocycles. The summed E-state index contributed by atoms with van der Waals surface area (Å²) >= 11 is 1.85. The normalized spacial score (nSPS) is 26.4. The maximum Gasteiger partial charge on any atom is 0.251 e. The molecule has 0 aliphatic carbocycles. The molecule has 4 rings (SSSR count). The predicted molar refractivity (Wildman–Crippen MR) is 103 cm³/mol. The monoisotopic (exact) mass is 354 g/mol. The number of hydrogen-bond acceptors (Lipinski definition) is 3. The zero-order valence-electron chi connectivity index (χ0n) is 14.8. The lowest BCUT2D eigenvalue weighted by molar-refractivity contribution is 0.0184. The summed E-state index contributed by atoms with van der Waals surface area (Å²) in [5.41, 5.74) is 1.92. The number of hydrogen-bond donors (Lipinski definition) is 1. The topological polar surface area (TPSA) is 32.3 Å². The van der Waals surface area contributed by atoms with Gasteiger partial charge in [-0.2, -0.15) is 0 Å². The van der Waals surface area contributed by atoms with Crippen molar-refractivity contribution in [1.29, 1.82) is 0 Å². The molecule has 3 heterocycles. The summed E-state index contributed by atoms with van der Waals surface area (Å²) in [7, 11) is 0. The number of carbonyl (C=O) groups excluding carboxylic acids is 1. The summed E-state index contributed by atoms with van der Waals surface area (Å²) in [6.45, 7) is 3.11. The van der Waals surface area contributed by atoms with E-state index in [1.165, 1.54) is 24.1 Å². The number of thiophene rings is 1. The van der Waals surface area contributed by atoms with E-state index in [4.69, 9.17) is 0 Å². The van der Waals surface area contributed by atoms with Gasteiger partial charge >= 0.3 is 0 Å². The molecular weight excluding hydrogens is 328 g/mol. The van der Waals surface area contributed by atoms with Gasteiger partial charge in [0.2, 0.25) is 0 Å². The van der Waals surface area contributed by atoms with Crippen LogP contribution in [0.3, 0.4) is 0 Å². The van der Waals surface area contributed by atoms with Gasteiger partial charge in [-0.25, -0.2) is 0 Å². The van der Waals surface area contributed by atoms with Crippen LogP contribution in [0.15, 0.2) is 41.8 Å². The van der Waals surface area contributed by atoms with Crippen molar-refractivity contribution in [2.45, 2.75) is 63.7 Å². The lowest BCUT2D eigenvalue weighted by Gasteiger charge is -2.49. The third kappa shape index (κ3) is 3.80. The lowest BCUT2D eigenvalue weighted by Crippen LogP contribution is -2.56. The number of aryl methyl sites for hydroxylation is 1. The van der Waals surface area contributed by atoms with Crippen molar-refractivity contribution in [2.75, 3.05) is 0 Å². The molecule has 4 heteroatoms. The van der Waals surface area contributed by atoms with Crippen LogP contribution in [0.25, 0.3) is 0 Å². The van der Waals surface area contributed by atoms with Crippen LogP contribution in [0.1, 0.15) is 52.9 Å². The Morgan fingerprint density at radius 2 is 2.00 bits per heavy atom. The first-order chi connectivity index (χ1) is 12.2. The van der Waals surface area contributed by atoms with Crippen molar-refractivity contribution in [3.8, 4) is 0 Å². The van der Waals surface area contributed by atoms with Gasteiger partial charge in [-0.3, -0.25) is 9.69 Å². The minimum Gasteiger partial charge on any atom is -0.349 e. The van der Waals surface area contributed by atoms with E-state index in [9.17, 15) is 4.79 Å². The summed E-state index contributed by atoms with van der Waals surface area (Å²) in [5, 5.41) is 5.47. The Hall–Kier alpha value is -1.65. The second kappa shape index (κ2) is 7.30. The molecule has 2 aromatic rings. The highest BCUT2D eigenvalue weighted by Gasteiger charge is 2.38. The number of carbonyl (C=O) groups is 1. The summed E-state index contributed by atoms with van der Waals surface area (Å²) in [5.74, 6) is 0.0819. The first-order valence-corrected chi connectivity index (χ1v) is 10.2.